The Bertz CT molecular complexity index is 515. The molecule has 4 N–H and O–H groups in total. The molecule has 0 aliphatic heterocycles. The molecule has 0 unspecified atom stereocenters. The van der Waals surface area contributed by atoms with Gasteiger partial charge in [-0.3, -0.25) is 9.59 Å². The van der Waals surface area contributed by atoms with Crippen LogP contribution in [0.4, 0.5) is 0 Å². The van der Waals surface area contributed by atoms with E-state index < -0.39 is 0 Å². The summed E-state index contributed by atoms with van der Waals surface area (Å²) in [5.41, 5.74) is 1.44. The van der Waals surface area contributed by atoms with E-state index >= 15 is 0 Å². The molecular weight excluding hydrogens is 296 g/mol. The molecular formula is C16H24N4O3. The first-order valence-electron chi connectivity index (χ1n) is 7.57. The first kappa shape index (κ1) is 18.6. The average molecular weight is 320 g/mol. The van der Waals surface area contributed by atoms with Gasteiger partial charge in [-0.1, -0.05) is 12.1 Å². The van der Waals surface area contributed by atoms with Crippen LogP contribution in [-0.4, -0.2) is 44.3 Å². The lowest BCUT2D eigenvalue weighted by molar-refractivity contribution is -0.119. The van der Waals surface area contributed by atoms with Gasteiger partial charge in [0, 0.05) is 38.8 Å². The van der Waals surface area contributed by atoms with E-state index in [9.17, 15) is 9.59 Å². The summed E-state index contributed by atoms with van der Waals surface area (Å²) in [5.74, 6) is 4.91. The number of amides is 2. The van der Waals surface area contributed by atoms with Crippen LogP contribution in [-0.2, 0) is 9.53 Å². The number of benzene rings is 1. The molecule has 1 aromatic carbocycles. The van der Waals surface area contributed by atoms with Crippen LogP contribution in [0.5, 0.6) is 0 Å². The van der Waals surface area contributed by atoms with Crippen molar-refractivity contribution in [2.45, 2.75) is 19.8 Å². The molecule has 0 bridgehead atoms. The van der Waals surface area contributed by atoms with E-state index in [0.717, 1.165) is 18.4 Å². The summed E-state index contributed by atoms with van der Waals surface area (Å²) in [6, 6.07) is 7.02. The molecule has 0 aromatic heterocycles. The van der Waals surface area contributed by atoms with Crippen LogP contribution >= 0.6 is 0 Å². The summed E-state index contributed by atoms with van der Waals surface area (Å²) >= 11 is 0. The molecule has 1 aromatic rings. The number of hydrogen-bond donors (Lipinski definition) is 3. The topological polar surface area (TPSA) is 106 Å². The second kappa shape index (κ2) is 11.2. The van der Waals surface area contributed by atoms with Gasteiger partial charge in [0.2, 0.25) is 5.91 Å². The lowest BCUT2D eigenvalue weighted by atomic mass is 10.1. The second-order valence-electron chi connectivity index (χ2n) is 4.96. The number of hydrogen-bond acceptors (Lipinski definition) is 5. The van der Waals surface area contributed by atoms with Gasteiger partial charge in [0.05, 0.1) is 6.21 Å². The van der Waals surface area contributed by atoms with Gasteiger partial charge in [-0.25, -0.2) is 0 Å². The van der Waals surface area contributed by atoms with Gasteiger partial charge in [-0.05, 0) is 30.5 Å². The fourth-order valence-electron chi connectivity index (χ4n) is 1.83. The van der Waals surface area contributed by atoms with E-state index in [4.69, 9.17) is 10.6 Å². The first-order chi connectivity index (χ1) is 11.1. The van der Waals surface area contributed by atoms with Crippen molar-refractivity contribution in [3.63, 3.8) is 0 Å². The number of rotatable bonds is 10. The highest BCUT2D eigenvalue weighted by Crippen LogP contribution is 2.02. The number of nitrogens with zero attached hydrogens (tertiary/aromatic N) is 1. The van der Waals surface area contributed by atoms with E-state index in [1.807, 2.05) is 0 Å². The first-order valence-corrected chi connectivity index (χ1v) is 7.57. The Hall–Kier alpha value is -2.41. The quantitative estimate of drug-likeness (QED) is 0.254. The van der Waals surface area contributed by atoms with Crippen LogP contribution in [0.1, 0.15) is 35.7 Å². The van der Waals surface area contributed by atoms with Crippen LogP contribution in [0.2, 0.25) is 0 Å². The second-order valence-corrected chi connectivity index (χ2v) is 4.96. The molecule has 7 nitrogen and oxygen atoms in total. The van der Waals surface area contributed by atoms with Gasteiger partial charge in [0.1, 0.15) is 0 Å². The molecule has 2 amide bonds. The normalized spacial score (nSPS) is 10.7. The van der Waals surface area contributed by atoms with Gasteiger partial charge in [-0.15, -0.1) is 0 Å². The summed E-state index contributed by atoms with van der Waals surface area (Å²) in [7, 11) is 0. The van der Waals surface area contributed by atoms with Crippen LogP contribution in [0.15, 0.2) is 29.4 Å². The summed E-state index contributed by atoms with van der Waals surface area (Å²) in [4.78, 5) is 22.5. The fourth-order valence-corrected chi connectivity index (χ4v) is 1.83. The van der Waals surface area contributed by atoms with Gasteiger partial charge >= 0.3 is 0 Å². The van der Waals surface area contributed by atoms with Crippen molar-refractivity contribution in [1.82, 2.24) is 10.6 Å². The number of carbonyl (C=O) groups excluding carboxylic acids is 2. The minimum absolute atomic E-state index is 0.0314. The number of carbonyl (C=O) groups is 2. The molecule has 7 heteroatoms. The van der Waals surface area contributed by atoms with Crippen molar-refractivity contribution in [3.8, 4) is 0 Å². The SMILES string of the molecule is CC(=O)NCCCOCCCNC(=O)c1ccc(/C=N\N)cc1. The standard InChI is InChI=1S/C16H24N4O3/c1-13(21)18-8-2-10-23-11-3-9-19-16(22)15-6-4-14(5-7-15)12-20-17/h4-7,12H,2-3,8-11,17H2,1H3,(H,18,21)(H,19,22)/b20-12-. The van der Waals surface area contributed by atoms with Crippen molar-refractivity contribution in [3.05, 3.63) is 35.4 Å². The maximum absolute atomic E-state index is 11.9. The van der Waals surface area contributed by atoms with Crippen molar-refractivity contribution < 1.29 is 14.3 Å². The summed E-state index contributed by atoms with van der Waals surface area (Å²) in [6.07, 6.45) is 3.04. The number of ether oxygens (including phenoxy) is 1. The van der Waals surface area contributed by atoms with Gasteiger partial charge in [0.15, 0.2) is 0 Å². The highest BCUT2D eigenvalue weighted by molar-refractivity contribution is 5.95. The third kappa shape index (κ3) is 8.57. The molecule has 0 spiro atoms. The van der Waals surface area contributed by atoms with Gasteiger partial charge in [-0.2, -0.15) is 5.10 Å². The monoisotopic (exact) mass is 320 g/mol. The summed E-state index contributed by atoms with van der Waals surface area (Å²) in [5, 5.41) is 8.96. The van der Waals surface area contributed by atoms with Crippen molar-refractivity contribution >= 4 is 18.0 Å². The molecule has 126 valence electrons. The Balaban J connectivity index is 2.09. The molecule has 0 heterocycles. The maximum atomic E-state index is 11.9. The molecule has 0 atom stereocenters. The minimum Gasteiger partial charge on any atom is -0.381 e. The van der Waals surface area contributed by atoms with Crippen LogP contribution < -0.4 is 16.5 Å². The molecule has 0 aliphatic carbocycles. The molecule has 0 saturated heterocycles. The Morgan fingerprint density at radius 2 is 1.74 bits per heavy atom. The highest BCUT2D eigenvalue weighted by Gasteiger charge is 2.04. The van der Waals surface area contributed by atoms with Gasteiger partial charge < -0.3 is 21.2 Å². The Morgan fingerprint density at radius 1 is 1.13 bits per heavy atom. The van der Waals surface area contributed by atoms with Gasteiger partial charge in [0.25, 0.3) is 5.91 Å². The lowest BCUT2D eigenvalue weighted by Gasteiger charge is -2.07. The number of nitrogens with two attached hydrogens (primary N) is 1. The third-order valence-electron chi connectivity index (χ3n) is 2.99. The molecule has 0 saturated carbocycles. The number of nitrogens with one attached hydrogen (secondary N) is 2. The molecule has 0 fully saturated rings. The van der Waals surface area contributed by atoms with Crippen LogP contribution in [0.3, 0.4) is 0 Å². The minimum atomic E-state index is -0.119. The third-order valence-corrected chi connectivity index (χ3v) is 2.99. The maximum Gasteiger partial charge on any atom is 0.251 e. The fraction of sp³-hybridized carbons (Fsp3) is 0.438. The summed E-state index contributed by atoms with van der Waals surface area (Å²) in [6.45, 7) is 3.83. The smallest absolute Gasteiger partial charge is 0.251 e. The predicted molar refractivity (Wildman–Crippen MR) is 89.3 cm³/mol. The highest BCUT2D eigenvalue weighted by atomic mass is 16.5. The average Bonchev–Trinajstić information content (AvgIpc) is 2.54. The summed E-state index contributed by atoms with van der Waals surface area (Å²) < 4.78 is 5.42. The Labute approximate surface area is 136 Å². The van der Waals surface area contributed by atoms with Crippen LogP contribution in [0.25, 0.3) is 0 Å². The van der Waals surface area contributed by atoms with E-state index in [2.05, 4.69) is 15.7 Å². The number of hydrazone groups is 1. The van der Waals surface area contributed by atoms with E-state index in [-0.39, 0.29) is 11.8 Å². The molecule has 0 radical (unpaired) electrons. The zero-order valence-electron chi connectivity index (χ0n) is 13.4. The van der Waals surface area contributed by atoms with E-state index in [1.165, 1.54) is 13.1 Å². The zero-order chi connectivity index (χ0) is 16.9. The molecule has 1 rings (SSSR count). The molecule has 23 heavy (non-hydrogen) atoms. The van der Waals surface area contributed by atoms with E-state index in [0.29, 0.717) is 31.9 Å². The van der Waals surface area contributed by atoms with Crippen molar-refractivity contribution in [2.75, 3.05) is 26.3 Å². The Morgan fingerprint density at radius 3 is 2.30 bits per heavy atom. The lowest BCUT2D eigenvalue weighted by Crippen LogP contribution is -2.25. The Kier molecular flexibility index (Phi) is 9.07. The van der Waals surface area contributed by atoms with Crippen molar-refractivity contribution in [1.29, 1.82) is 0 Å². The van der Waals surface area contributed by atoms with E-state index in [1.54, 1.807) is 24.3 Å². The van der Waals surface area contributed by atoms with Crippen LogP contribution in [0, 0.1) is 0 Å². The molecule has 0 aliphatic rings. The van der Waals surface area contributed by atoms with Crippen molar-refractivity contribution in [2.24, 2.45) is 10.9 Å². The largest absolute Gasteiger partial charge is 0.381 e. The predicted octanol–water partition coefficient (Wildman–Crippen LogP) is 0.642. The zero-order valence-corrected chi connectivity index (χ0v) is 13.4.